The number of rotatable bonds is 4. The number of phenols is 1. The molecule has 7 rings (SSSR count). The summed E-state index contributed by atoms with van der Waals surface area (Å²) in [6.45, 7) is 9.69. The van der Waals surface area contributed by atoms with E-state index in [1.54, 1.807) is 18.2 Å². The lowest BCUT2D eigenvalue weighted by molar-refractivity contribution is -0.259. The molecule has 0 radical (unpaired) electrons. The third kappa shape index (κ3) is 14.7. The number of fused-ring (bicyclic) bond motifs is 2. The Hall–Kier alpha value is -6.17. The standard InChI is InChI=1S/C18H15B.C13H11F3O2.C11H3F7.2C2H6.CH3F.CH4.2F2/c1-4-10-16(11-5-1)19(17-12-6-2-7-13-17)18-14-8-3-9-15-18;1-12(18,13(14,15)16)10-7-6-8-4-2-3-5-9(8)11(10)17;1-2-5(12)3-4(7(14)6(2)13)9(16)11(18)10(17)8(3)15;3*1-2;;2*1-2/h1-15H;2-7,17-18H,1H3;1H3;2*1-2H3;1H3;1H4;;. The summed E-state index contributed by atoms with van der Waals surface area (Å²) < 4.78 is 172. The molecule has 0 aliphatic heterocycles. The molecule has 2 nitrogen and oxygen atoms in total. The molecule has 0 spiro atoms. The van der Waals surface area contributed by atoms with Gasteiger partial charge in [0, 0.05) is 34.8 Å². The van der Waals surface area contributed by atoms with Crippen LogP contribution >= 0.6 is 0 Å². The summed E-state index contributed by atoms with van der Waals surface area (Å²) in [4.78, 5) is 0. The quantitative estimate of drug-likeness (QED) is 0.0799. The summed E-state index contributed by atoms with van der Waals surface area (Å²) in [7, 11) is 0.500. The molecule has 18 heteroatoms. The first-order valence-corrected chi connectivity index (χ1v) is 19.1. The van der Waals surface area contributed by atoms with E-state index in [0.717, 1.165) is 13.0 Å². The number of alkyl halides is 4. The largest absolute Gasteiger partial charge is 0.507 e. The Labute approximate surface area is 373 Å². The smallest absolute Gasteiger partial charge is 0.421 e. The molecule has 0 fully saturated rings. The van der Waals surface area contributed by atoms with Crippen LogP contribution in [0.25, 0.3) is 21.5 Å². The third-order valence-corrected chi connectivity index (χ3v) is 8.93. The molecule has 1 unspecified atom stereocenters. The number of aliphatic hydroxyl groups is 1. The van der Waals surface area contributed by atoms with Crippen LogP contribution in [0.2, 0.25) is 0 Å². The zero-order chi connectivity index (χ0) is 50.2. The van der Waals surface area contributed by atoms with Gasteiger partial charge in [-0.25, -0.2) is 30.7 Å². The third-order valence-electron chi connectivity index (χ3n) is 8.93. The average molecular weight is 953 g/mol. The van der Waals surface area contributed by atoms with E-state index in [9.17, 15) is 58.5 Å². The first-order valence-electron chi connectivity index (χ1n) is 19.1. The lowest BCUT2D eigenvalue weighted by atomic mass is 9.37. The molecule has 0 saturated carbocycles. The van der Waals surface area contributed by atoms with E-state index >= 15 is 0 Å². The second-order valence-electron chi connectivity index (χ2n) is 12.5. The van der Waals surface area contributed by atoms with Gasteiger partial charge in [-0.1, -0.05) is 179 Å². The lowest BCUT2D eigenvalue weighted by Crippen LogP contribution is -2.51. The van der Waals surface area contributed by atoms with Crippen molar-refractivity contribution in [2.75, 3.05) is 7.18 Å². The number of aromatic hydroxyl groups is 1. The Bertz CT molecular complexity index is 2250. The minimum absolute atomic E-state index is 0. The van der Waals surface area contributed by atoms with Crippen molar-refractivity contribution >= 4 is 44.6 Å². The van der Waals surface area contributed by atoms with E-state index in [1.807, 2.05) is 27.7 Å². The highest BCUT2D eigenvalue weighted by molar-refractivity contribution is 6.95. The van der Waals surface area contributed by atoms with Crippen molar-refractivity contribution in [3.8, 4) is 5.75 Å². The summed E-state index contributed by atoms with van der Waals surface area (Å²) in [5, 5.41) is 17.3. The van der Waals surface area contributed by atoms with Crippen molar-refractivity contribution in [1.29, 1.82) is 0 Å². The van der Waals surface area contributed by atoms with Crippen molar-refractivity contribution in [1.82, 2.24) is 0 Å². The van der Waals surface area contributed by atoms with E-state index in [-0.39, 0.29) is 12.8 Å². The topological polar surface area (TPSA) is 40.5 Å². The SMILES string of the molecule is C.CC.CC.CC(O)(c1ccc2ccccc2c1O)C(F)(F)F.CF.Cc1c(F)c(F)c2c(F)c(F)c(F)c(F)c2c1F.FF.FF.c1ccc(B(c2ccccc2)c2ccccc2)cc1. The van der Waals surface area contributed by atoms with Gasteiger partial charge in [0.1, 0.15) is 11.6 Å². The first kappa shape index (κ1) is 61.9. The van der Waals surface area contributed by atoms with Crippen LogP contribution in [0.4, 0.5) is 66.6 Å². The van der Waals surface area contributed by atoms with E-state index in [2.05, 4.69) is 91.0 Å². The molecule has 360 valence electrons. The van der Waals surface area contributed by atoms with Gasteiger partial charge in [-0.05, 0) is 19.2 Å². The fraction of sp³-hybridized carbons (Fsp3) is 0.208. The average Bonchev–Trinajstić information content (AvgIpc) is 3.35. The normalized spacial score (nSPS) is 10.7. The Balaban J connectivity index is 0. The van der Waals surface area contributed by atoms with E-state index in [4.69, 9.17) is 18.3 Å². The molecule has 0 bridgehead atoms. The summed E-state index contributed by atoms with van der Waals surface area (Å²) in [5.74, 6) is -14.9. The molecule has 0 heterocycles. The van der Waals surface area contributed by atoms with Crippen molar-refractivity contribution < 1.29 is 76.8 Å². The predicted molar refractivity (Wildman–Crippen MR) is 235 cm³/mol. The van der Waals surface area contributed by atoms with Crippen LogP contribution < -0.4 is 16.4 Å². The zero-order valence-electron chi connectivity index (χ0n) is 35.8. The molecule has 0 saturated heterocycles. The molecule has 66 heavy (non-hydrogen) atoms. The number of halogens is 15. The van der Waals surface area contributed by atoms with Gasteiger partial charge in [-0.2, -0.15) is 13.2 Å². The summed E-state index contributed by atoms with van der Waals surface area (Å²) in [6.07, 6.45) is -4.85. The minimum Gasteiger partial charge on any atom is -0.507 e. The van der Waals surface area contributed by atoms with Crippen LogP contribution in [-0.4, -0.2) is 30.3 Å². The number of benzene rings is 7. The predicted octanol–water partition coefficient (Wildman–Crippen LogP) is 14.6. The van der Waals surface area contributed by atoms with Crippen molar-refractivity contribution in [2.45, 2.75) is 60.7 Å². The Morgan fingerprint density at radius 3 is 1.14 bits per heavy atom. The second-order valence-corrected chi connectivity index (χ2v) is 12.5. The maximum atomic E-state index is 13.5. The highest BCUT2D eigenvalue weighted by Crippen LogP contribution is 2.44. The fourth-order valence-electron chi connectivity index (χ4n) is 5.92. The maximum Gasteiger partial charge on any atom is 0.421 e. The van der Waals surface area contributed by atoms with Crippen LogP contribution in [0.5, 0.6) is 5.75 Å². The molecule has 7 aromatic carbocycles. The molecule has 0 aliphatic rings. The lowest BCUT2D eigenvalue weighted by Gasteiger charge is -2.27. The van der Waals surface area contributed by atoms with Gasteiger partial charge in [-0.3, -0.25) is 4.39 Å². The van der Waals surface area contributed by atoms with E-state index in [1.165, 1.54) is 28.5 Å². The fourth-order valence-corrected chi connectivity index (χ4v) is 5.92. The zero-order valence-corrected chi connectivity index (χ0v) is 35.8. The molecule has 0 amide bonds. The number of hydrogen-bond acceptors (Lipinski definition) is 2. The van der Waals surface area contributed by atoms with Crippen LogP contribution in [0.3, 0.4) is 0 Å². The Morgan fingerprint density at radius 1 is 0.455 bits per heavy atom. The van der Waals surface area contributed by atoms with Gasteiger partial charge in [0.05, 0.1) is 17.9 Å². The molecular formula is C48H48BF15O2. The summed E-state index contributed by atoms with van der Waals surface area (Å²) in [5.41, 5.74) is -0.584. The van der Waals surface area contributed by atoms with Gasteiger partial charge in [0.15, 0.2) is 40.5 Å². The molecule has 2 N–H and O–H groups in total. The molecule has 0 aliphatic carbocycles. The van der Waals surface area contributed by atoms with Gasteiger partial charge in [0.2, 0.25) is 6.71 Å². The summed E-state index contributed by atoms with van der Waals surface area (Å²) >= 11 is 0. The molecular weight excluding hydrogens is 904 g/mol. The number of phenolic OH excluding ortho intramolecular Hbond substituents is 1. The molecule has 0 aromatic heterocycles. The van der Waals surface area contributed by atoms with Gasteiger partial charge in [0.25, 0.3) is 0 Å². The Kier molecular flexibility index (Phi) is 28.3. The molecule has 7 aromatic rings. The highest BCUT2D eigenvalue weighted by atomic mass is 20.0. The number of hydrogen-bond donors (Lipinski definition) is 2. The van der Waals surface area contributed by atoms with Crippen molar-refractivity contribution in [2.24, 2.45) is 0 Å². The minimum atomic E-state index is -4.85. The Morgan fingerprint density at radius 2 is 0.773 bits per heavy atom. The maximum absolute atomic E-state index is 13.5. The van der Waals surface area contributed by atoms with E-state index in [0.29, 0.717) is 26.2 Å². The molecule has 1 atom stereocenters. The van der Waals surface area contributed by atoms with Gasteiger partial charge >= 0.3 is 6.18 Å². The van der Waals surface area contributed by atoms with Gasteiger partial charge in [-0.15, -0.1) is 0 Å². The van der Waals surface area contributed by atoms with Gasteiger partial charge < -0.3 is 10.2 Å². The van der Waals surface area contributed by atoms with E-state index < -0.39 is 80.1 Å². The van der Waals surface area contributed by atoms with Crippen molar-refractivity contribution in [3.63, 3.8) is 0 Å². The second kappa shape index (κ2) is 30.1. The van der Waals surface area contributed by atoms with Crippen molar-refractivity contribution in [3.05, 3.63) is 179 Å². The monoisotopic (exact) mass is 952 g/mol. The summed E-state index contributed by atoms with van der Waals surface area (Å²) in [6, 6.07) is 41.0. The van der Waals surface area contributed by atoms with Crippen LogP contribution in [0, 0.1) is 47.6 Å². The highest BCUT2D eigenvalue weighted by Gasteiger charge is 2.52. The first-order chi connectivity index (χ1) is 31.0. The van der Waals surface area contributed by atoms with Crippen LogP contribution in [0.15, 0.2) is 127 Å². The van der Waals surface area contributed by atoms with Crippen LogP contribution in [-0.2, 0) is 5.60 Å². The van der Waals surface area contributed by atoms with Crippen LogP contribution in [0.1, 0.15) is 53.2 Å².